The van der Waals surface area contributed by atoms with Gasteiger partial charge < -0.3 is 5.32 Å². The fraction of sp³-hybridized carbons (Fsp3) is 0.600. The van der Waals surface area contributed by atoms with Crippen molar-refractivity contribution in [3.05, 3.63) is 35.4 Å². The Labute approximate surface area is 100 Å². The van der Waals surface area contributed by atoms with Gasteiger partial charge in [0.1, 0.15) is 0 Å². The second-order valence-electron chi connectivity index (χ2n) is 4.66. The molecular weight excluding hydrogens is 194 g/mol. The van der Waals surface area contributed by atoms with E-state index in [1.165, 1.54) is 36.8 Å². The molecule has 1 nitrogen and oxygen atoms in total. The third-order valence-corrected chi connectivity index (χ3v) is 3.12. The van der Waals surface area contributed by atoms with Gasteiger partial charge >= 0.3 is 0 Å². The zero-order chi connectivity index (χ0) is 11.8. The standard InChI is InChI=1S/C15H25N/c1-4-5-6-9-15(12-16-3)14-10-7-8-13(2)11-14/h7-8,10-11,15-16H,4-6,9,12H2,1-3H3. The van der Waals surface area contributed by atoms with E-state index in [0.717, 1.165) is 6.54 Å². The molecule has 1 aromatic carbocycles. The molecule has 0 amide bonds. The second-order valence-corrected chi connectivity index (χ2v) is 4.66. The van der Waals surface area contributed by atoms with Gasteiger partial charge in [0.25, 0.3) is 0 Å². The smallest absolute Gasteiger partial charge is 0.00171 e. The first-order valence-electron chi connectivity index (χ1n) is 6.49. The highest BCUT2D eigenvalue weighted by molar-refractivity contribution is 5.25. The van der Waals surface area contributed by atoms with Crippen molar-refractivity contribution in [2.75, 3.05) is 13.6 Å². The Bertz CT molecular complexity index is 293. The fourth-order valence-corrected chi connectivity index (χ4v) is 2.20. The molecule has 0 aromatic heterocycles. The Morgan fingerprint density at radius 2 is 2.06 bits per heavy atom. The minimum absolute atomic E-state index is 0.677. The normalized spacial score (nSPS) is 12.7. The molecule has 1 rings (SSSR count). The SMILES string of the molecule is CCCCCC(CNC)c1cccc(C)c1. The summed E-state index contributed by atoms with van der Waals surface area (Å²) in [6.07, 6.45) is 5.31. The summed E-state index contributed by atoms with van der Waals surface area (Å²) in [6.45, 7) is 5.53. The lowest BCUT2D eigenvalue weighted by molar-refractivity contribution is 0.542. The highest BCUT2D eigenvalue weighted by Crippen LogP contribution is 2.22. The lowest BCUT2D eigenvalue weighted by Crippen LogP contribution is -2.17. The zero-order valence-electron chi connectivity index (χ0n) is 10.9. The predicted molar refractivity (Wildman–Crippen MR) is 72.0 cm³/mol. The highest BCUT2D eigenvalue weighted by atomic mass is 14.8. The molecule has 0 aliphatic rings. The van der Waals surface area contributed by atoms with Crippen LogP contribution in [0.3, 0.4) is 0 Å². The van der Waals surface area contributed by atoms with E-state index in [4.69, 9.17) is 0 Å². The molecule has 90 valence electrons. The van der Waals surface area contributed by atoms with E-state index in [2.05, 4.69) is 43.4 Å². The van der Waals surface area contributed by atoms with E-state index in [0.29, 0.717) is 5.92 Å². The number of hydrogen-bond donors (Lipinski definition) is 1. The lowest BCUT2D eigenvalue weighted by atomic mass is 9.92. The first-order chi connectivity index (χ1) is 7.77. The Morgan fingerprint density at radius 3 is 2.69 bits per heavy atom. The average Bonchev–Trinajstić information content (AvgIpc) is 2.28. The Hall–Kier alpha value is -0.820. The summed E-state index contributed by atoms with van der Waals surface area (Å²) in [5.41, 5.74) is 2.86. The number of hydrogen-bond acceptors (Lipinski definition) is 1. The van der Waals surface area contributed by atoms with Crippen LogP contribution >= 0.6 is 0 Å². The van der Waals surface area contributed by atoms with Crippen LogP contribution in [-0.4, -0.2) is 13.6 Å². The van der Waals surface area contributed by atoms with Crippen LogP contribution in [0, 0.1) is 6.92 Å². The summed E-state index contributed by atoms with van der Waals surface area (Å²) in [6, 6.07) is 8.94. The van der Waals surface area contributed by atoms with Gasteiger partial charge in [-0.15, -0.1) is 0 Å². The quantitative estimate of drug-likeness (QED) is 0.686. The molecule has 0 aliphatic carbocycles. The molecule has 0 saturated carbocycles. The van der Waals surface area contributed by atoms with Crippen molar-refractivity contribution < 1.29 is 0 Å². The van der Waals surface area contributed by atoms with Crippen LogP contribution in [0.15, 0.2) is 24.3 Å². The van der Waals surface area contributed by atoms with Crippen molar-refractivity contribution in [3.8, 4) is 0 Å². The van der Waals surface area contributed by atoms with Crippen molar-refractivity contribution in [3.63, 3.8) is 0 Å². The first kappa shape index (κ1) is 13.2. The van der Waals surface area contributed by atoms with Gasteiger partial charge in [0.05, 0.1) is 0 Å². The molecule has 0 spiro atoms. The minimum Gasteiger partial charge on any atom is -0.319 e. The van der Waals surface area contributed by atoms with Crippen molar-refractivity contribution >= 4 is 0 Å². The van der Waals surface area contributed by atoms with Crippen molar-refractivity contribution in [1.82, 2.24) is 5.32 Å². The molecule has 0 fully saturated rings. The predicted octanol–water partition coefficient (Wildman–Crippen LogP) is 3.88. The molecule has 0 radical (unpaired) electrons. The van der Waals surface area contributed by atoms with Crippen LogP contribution in [0.5, 0.6) is 0 Å². The van der Waals surface area contributed by atoms with Crippen LogP contribution in [0.25, 0.3) is 0 Å². The van der Waals surface area contributed by atoms with Crippen molar-refractivity contribution in [1.29, 1.82) is 0 Å². The molecule has 0 saturated heterocycles. The minimum atomic E-state index is 0.677. The molecule has 1 atom stereocenters. The zero-order valence-corrected chi connectivity index (χ0v) is 10.9. The summed E-state index contributed by atoms with van der Waals surface area (Å²) in [5, 5.41) is 3.31. The lowest BCUT2D eigenvalue weighted by Gasteiger charge is -2.17. The number of rotatable bonds is 7. The Morgan fingerprint density at radius 1 is 1.25 bits per heavy atom. The monoisotopic (exact) mass is 219 g/mol. The number of unbranched alkanes of at least 4 members (excludes halogenated alkanes) is 2. The molecule has 0 heterocycles. The number of likely N-dealkylation sites (N-methyl/N-ethyl adjacent to an activating group) is 1. The molecular formula is C15H25N. The molecule has 1 heteroatoms. The Balaban J connectivity index is 2.61. The van der Waals surface area contributed by atoms with Crippen LogP contribution in [0.2, 0.25) is 0 Å². The van der Waals surface area contributed by atoms with E-state index >= 15 is 0 Å². The maximum Gasteiger partial charge on any atom is 0.00171 e. The van der Waals surface area contributed by atoms with Gasteiger partial charge in [0.15, 0.2) is 0 Å². The highest BCUT2D eigenvalue weighted by Gasteiger charge is 2.09. The van der Waals surface area contributed by atoms with Crippen LogP contribution in [0.4, 0.5) is 0 Å². The van der Waals surface area contributed by atoms with Gasteiger partial charge in [0, 0.05) is 6.54 Å². The maximum atomic E-state index is 3.31. The van der Waals surface area contributed by atoms with Gasteiger partial charge in [-0.25, -0.2) is 0 Å². The number of nitrogens with one attached hydrogen (secondary N) is 1. The number of benzene rings is 1. The first-order valence-corrected chi connectivity index (χ1v) is 6.49. The van der Waals surface area contributed by atoms with Crippen molar-refractivity contribution in [2.24, 2.45) is 0 Å². The summed E-state index contributed by atoms with van der Waals surface area (Å²) in [5.74, 6) is 0.677. The second kappa shape index (κ2) is 7.45. The van der Waals surface area contributed by atoms with Gasteiger partial charge in [0.2, 0.25) is 0 Å². The van der Waals surface area contributed by atoms with E-state index < -0.39 is 0 Å². The fourth-order valence-electron chi connectivity index (χ4n) is 2.20. The summed E-state index contributed by atoms with van der Waals surface area (Å²) in [7, 11) is 2.04. The Kier molecular flexibility index (Phi) is 6.17. The average molecular weight is 219 g/mol. The van der Waals surface area contributed by atoms with Crippen molar-refractivity contribution in [2.45, 2.75) is 45.4 Å². The molecule has 0 aliphatic heterocycles. The third-order valence-electron chi connectivity index (χ3n) is 3.12. The van der Waals surface area contributed by atoms with Crippen LogP contribution in [0.1, 0.15) is 49.7 Å². The molecule has 1 unspecified atom stereocenters. The summed E-state index contributed by atoms with van der Waals surface area (Å²) >= 11 is 0. The summed E-state index contributed by atoms with van der Waals surface area (Å²) < 4.78 is 0. The largest absolute Gasteiger partial charge is 0.319 e. The van der Waals surface area contributed by atoms with Gasteiger partial charge in [-0.2, -0.15) is 0 Å². The van der Waals surface area contributed by atoms with Crippen LogP contribution in [-0.2, 0) is 0 Å². The summed E-state index contributed by atoms with van der Waals surface area (Å²) in [4.78, 5) is 0. The molecule has 1 N–H and O–H groups in total. The van der Waals surface area contributed by atoms with E-state index in [1.54, 1.807) is 0 Å². The van der Waals surface area contributed by atoms with Gasteiger partial charge in [-0.05, 0) is 31.9 Å². The molecule has 0 bridgehead atoms. The maximum absolute atomic E-state index is 3.31. The van der Waals surface area contributed by atoms with E-state index in [-0.39, 0.29) is 0 Å². The molecule has 1 aromatic rings. The van der Waals surface area contributed by atoms with Crippen LogP contribution < -0.4 is 5.32 Å². The third kappa shape index (κ3) is 4.36. The number of aryl methyl sites for hydroxylation is 1. The topological polar surface area (TPSA) is 12.0 Å². The molecule has 16 heavy (non-hydrogen) atoms. The van der Waals surface area contributed by atoms with E-state index in [9.17, 15) is 0 Å². The van der Waals surface area contributed by atoms with E-state index in [1.807, 2.05) is 7.05 Å². The van der Waals surface area contributed by atoms with Gasteiger partial charge in [-0.1, -0.05) is 56.0 Å². The van der Waals surface area contributed by atoms with Gasteiger partial charge in [-0.3, -0.25) is 0 Å².